The quantitative estimate of drug-likeness (QED) is 0.0871. The fourth-order valence-electron chi connectivity index (χ4n) is 3.25. The van der Waals surface area contributed by atoms with Crippen LogP contribution in [0.4, 0.5) is 5.69 Å². The average molecular weight is 593 g/mol. The zero-order valence-electron chi connectivity index (χ0n) is 21.7. The second kappa shape index (κ2) is 24.7. The number of aliphatic hydroxyl groups is 1. The van der Waals surface area contributed by atoms with Crippen LogP contribution in [0.5, 0.6) is 11.5 Å². The summed E-state index contributed by atoms with van der Waals surface area (Å²) in [5.41, 5.74) is 5.35. The van der Waals surface area contributed by atoms with E-state index in [2.05, 4.69) is 16.0 Å². The number of nitro benzene ring substituents is 1. The van der Waals surface area contributed by atoms with E-state index in [0.717, 1.165) is 58.4 Å². The standard InChI is InChI=1S/C23H41N5O6.3ClH/c1-18(29)19-16-21(33-2)22(17-20(19)28(31)32)34-15-5-8-23(30)27-14-7-13-26-11-4-3-10-25-12-6-9-24;;;/h16-18,25-26,29H,3-15,24H2,1-2H3,(H,27,30);3*1H. The van der Waals surface area contributed by atoms with Crippen molar-refractivity contribution >= 4 is 48.8 Å². The van der Waals surface area contributed by atoms with Crippen molar-refractivity contribution in [2.75, 3.05) is 53.0 Å². The SMILES string of the molecule is COc1cc(C(C)O)c([N+](=O)[O-])cc1OCCCC(=O)NCCCNCCCCNCCCN.Cl.Cl.Cl. The Bertz CT molecular complexity index is 747. The van der Waals surface area contributed by atoms with E-state index in [9.17, 15) is 20.0 Å². The Labute approximate surface area is 238 Å². The number of rotatable bonds is 20. The summed E-state index contributed by atoms with van der Waals surface area (Å²) < 4.78 is 10.8. The van der Waals surface area contributed by atoms with Crippen molar-refractivity contribution in [1.82, 2.24) is 16.0 Å². The van der Waals surface area contributed by atoms with Gasteiger partial charge in [0.25, 0.3) is 5.69 Å². The first kappa shape index (κ1) is 39.9. The number of carbonyl (C=O) groups excluding carboxylic acids is 1. The van der Waals surface area contributed by atoms with Gasteiger partial charge < -0.3 is 36.3 Å². The minimum atomic E-state index is -1.02. The first-order chi connectivity index (χ1) is 16.4. The summed E-state index contributed by atoms with van der Waals surface area (Å²) in [5.74, 6) is 0.437. The van der Waals surface area contributed by atoms with Crippen LogP contribution in [-0.4, -0.2) is 68.9 Å². The van der Waals surface area contributed by atoms with Gasteiger partial charge in [-0.2, -0.15) is 0 Å². The molecule has 6 N–H and O–H groups in total. The van der Waals surface area contributed by atoms with Crippen LogP contribution < -0.4 is 31.2 Å². The molecule has 0 fully saturated rings. The Morgan fingerprint density at radius 3 is 2.14 bits per heavy atom. The molecule has 14 heteroatoms. The van der Waals surface area contributed by atoms with Gasteiger partial charge in [0.1, 0.15) is 0 Å². The van der Waals surface area contributed by atoms with Crippen molar-refractivity contribution in [3.8, 4) is 11.5 Å². The summed E-state index contributed by atoms with van der Waals surface area (Å²) in [5, 5.41) is 30.7. The van der Waals surface area contributed by atoms with Crippen molar-refractivity contribution in [3.63, 3.8) is 0 Å². The van der Waals surface area contributed by atoms with Crippen LogP contribution in [0.2, 0.25) is 0 Å². The number of carbonyl (C=O) groups is 1. The van der Waals surface area contributed by atoms with E-state index in [-0.39, 0.29) is 66.7 Å². The molecule has 0 heterocycles. The third kappa shape index (κ3) is 17.5. The van der Waals surface area contributed by atoms with Gasteiger partial charge in [-0.3, -0.25) is 14.9 Å². The van der Waals surface area contributed by atoms with Gasteiger partial charge in [-0.15, -0.1) is 37.2 Å². The van der Waals surface area contributed by atoms with E-state index in [1.54, 1.807) is 0 Å². The number of hydrogen-bond acceptors (Lipinski definition) is 9. The minimum Gasteiger partial charge on any atom is -0.493 e. The molecule has 1 unspecified atom stereocenters. The smallest absolute Gasteiger partial charge is 0.279 e. The molecule has 1 atom stereocenters. The second-order valence-corrected chi connectivity index (χ2v) is 8.00. The predicted octanol–water partition coefficient (Wildman–Crippen LogP) is 2.90. The highest BCUT2D eigenvalue weighted by Crippen LogP contribution is 2.37. The van der Waals surface area contributed by atoms with E-state index in [4.69, 9.17) is 15.2 Å². The van der Waals surface area contributed by atoms with E-state index >= 15 is 0 Å². The normalized spacial score (nSPS) is 10.8. The summed E-state index contributed by atoms with van der Waals surface area (Å²) >= 11 is 0. The molecule has 0 aliphatic heterocycles. The lowest BCUT2D eigenvalue weighted by molar-refractivity contribution is -0.386. The molecule has 0 aliphatic rings. The zero-order valence-corrected chi connectivity index (χ0v) is 24.1. The number of unbranched alkanes of at least 4 members (excludes halogenated alkanes) is 1. The maximum absolute atomic E-state index is 12.0. The van der Waals surface area contributed by atoms with Crippen LogP contribution >= 0.6 is 37.2 Å². The average Bonchev–Trinajstić information content (AvgIpc) is 2.81. The third-order valence-electron chi connectivity index (χ3n) is 5.13. The van der Waals surface area contributed by atoms with Crippen LogP contribution in [0.25, 0.3) is 0 Å². The molecule has 0 aromatic heterocycles. The van der Waals surface area contributed by atoms with Crippen molar-refractivity contribution in [2.45, 2.75) is 51.6 Å². The highest BCUT2D eigenvalue weighted by atomic mass is 35.5. The number of ether oxygens (including phenoxy) is 2. The molecule has 0 saturated carbocycles. The molecule has 218 valence electrons. The van der Waals surface area contributed by atoms with E-state index in [1.165, 1.54) is 26.2 Å². The highest BCUT2D eigenvalue weighted by molar-refractivity contribution is 5.86. The monoisotopic (exact) mass is 591 g/mol. The Balaban J connectivity index is -0.00000385. The third-order valence-corrected chi connectivity index (χ3v) is 5.13. The van der Waals surface area contributed by atoms with E-state index < -0.39 is 11.0 Å². The Kier molecular flexibility index (Phi) is 26.7. The lowest BCUT2D eigenvalue weighted by Crippen LogP contribution is -2.28. The topological polar surface area (TPSA) is 161 Å². The van der Waals surface area contributed by atoms with Gasteiger partial charge in [-0.05, 0) is 77.8 Å². The van der Waals surface area contributed by atoms with E-state index in [1.807, 2.05) is 0 Å². The van der Waals surface area contributed by atoms with Gasteiger partial charge in [0, 0.05) is 13.0 Å². The number of benzene rings is 1. The zero-order chi connectivity index (χ0) is 25.2. The molecule has 11 nitrogen and oxygen atoms in total. The van der Waals surface area contributed by atoms with Gasteiger partial charge in [0.15, 0.2) is 11.5 Å². The Morgan fingerprint density at radius 2 is 1.59 bits per heavy atom. The van der Waals surface area contributed by atoms with Crippen molar-refractivity contribution in [1.29, 1.82) is 0 Å². The summed E-state index contributed by atoms with van der Waals surface area (Å²) in [4.78, 5) is 22.7. The van der Waals surface area contributed by atoms with Crippen molar-refractivity contribution in [3.05, 3.63) is 27.8 Å². The maximum atomic E-state index is 12.0. The number of nitrogens with zero attached hydrogens (tertiary/aromatic N) is 1. The van der Waals surface area contributed by atoms with Crippen LogP contribution in [0.1, 0.15) is 57.1 Å². The molecule has 1 aromatic rings. The molecule has 37 heavy (non-hydrogen) atoms. The Morgan fingerprint density at radius 1 is 1.00 bits per heavy atom. The first-order valence-corrected chi connectivity index (χ1v) is 12.0. The summed E-state index contributed by atoms with van der Waals surface area (Å²) in [7, 11) is 1.42. The van der Waals surface area contributed by atoms with Crippen LogP contribution in [0, 0.1) is 10.1 Å². The second-order valence-electron chi connectivity index (χ2n) is 8.00. The maximum Gasteiger partial charge on any atom is 0.279 e. The fraction of sp³-hybridized carbons (Fsp3) is 0.696. The van der Waals surface area contributed by atoms with Crippen LogP contribution in [0.3, 0.4) is 0 Å². The van der Waals surface area contributed by atoms with Crippen LogP contribution in [-0.2, 0) is 4.79 Å². The number of amides is 1. The lowest BCUT2D eigenvalue weighted by Gasteiger charge is -2.14. The fourth-order valence-corrected chi connectivity index (χ4v) is 3.25. The highest BCUT2D eigenvalue weighted by Gasteiger charge is 2.22. The molecular weight excluding hydrogens is 549 g/mol. The predicted molar refractivity (Wildman–Crippen MR) is 153 cm³/mol. The molecule has 0 spiro atoms. The van der Waals surface area contributed by atoms with Gasteiger partial charge in [0.2, 0.25) is 5.91 Å². The van der Waals surface area contributed by atoms with Crippen molar-refractivity contribution in [2.24, 2.45) is 5.73 Å². The molecular formula is C23H44Cl3N5O6. The largest absolute Gasteiger partial charge is 0.493 e. The molecule has 0 bridgehead atoms. The molecule has 0 saturated heterocycles. The lowest BCUT2D eigenvalue weighted by atomic mass is 10.1. The van der Waals surface area contributed by atoms with Gasteiger partial charge in [-0.25, -0.2) is 0 Å². The Hall–Kier alpha value is -1.60. The van der Waals surface area contributed by atoms with Gasteiger partial charge >= 0.3 is 0 Å². The number of halogens is 3. The van der Waals surface area contributed by atoms with E-state index in [0.29, 0.717) is 25.1 Å². The van der Waals surface area contributed by atoms with Gasteiger partial charge in [-0.1, -0.05) is 0 Å². The number of methoxy groups -OCH3 is 1. The van der Waals surface area contributed by atoms with Crippen LogP contribution in [0.15, 0.2) is 12.1 Å². The summed E-state index contributed by atoms with van der Waals surface area (Å²) in [6.07, 6.45) is 3.83. The minimum absolute atomic E-state index is 0. The molecule has 0 aliphatic carbocycles. The summed E-state index contributed by atoms with van der Waals surface area (Å²) in [6.45, 7) is 6.78. The van der Waals surface area contributed by atoms with Crippen molar-refractivity contribution < 1.29 is 24.3 Å². The number of nitrogens with two attached hydrogens (primary N) is 1. The molecule has 1 rings (SSSR count). The number of hydrogen-bond donors (Lipinski definition) is 5. The number of aliphatic hydroxyl groups excluding tert-OH is 1. The molecule has 1 aromatic carbocycles. The first-order valence-electron chi connectivity index (χ1n) is 12.0. The van der Waals surface area contributed by atoms with Gasteiger partial charge in [0.05, 0.1) is 36.4 Å². The molecule has 1 amide bonds. The summed E-state index contributed by atoms with van der Waals surface area (Å²) in [6, 6.07) is 2.64. The molecule has 0 radical (unpaired) electrons. The number of nitrogens with one attached hydrogen (secondary N) is 3. The number of nitro groups is 1.